The zero-order chi connectivity index (χ0) is 17.1. The van der Waals surface area contributed by atoms with Crippen LogP contribution in [0.1, 0.15) is 34.9 Å². The van der Waals surface area contributed by atoms with Gasteiger partial charge >= 0.3 is 0 Å². The summed E-state index contributed by atoms with van der Waals surface area (Å²) < 4.78 is 2.54. The molecule has 1 aliphatic carbocycles. The van der Waals surface area contributed by atoms with Crippen molar-refractivity contribution in [2.45, 2.75) is 33.2 Å². The summed E-state index contributed by atoms with van der Waals surface area (Å²) in [5.41, 5.74) is 11.3. The normalized spacial score (nSPS) is 18.7. The topological polar surface area (TPSA) is 21.1 Å². The molecule has 1 aromatic carbocycles. The van der Waals surface area contributed by atoms with E-state index in [1.54, 1.807) is 0 Å². The molecule has 0 spiro atoms. The fraction of sp³-hybridized carbons (Fsp3) is 0.318. The van der Waals surface area contributed by atoms with E-state index in [2.05, 4.69) is 59.6 Å². The van der Waals surface area contributed by atoms with Crippen LogP contribution in [0, 0.1) is 6.92 Å². The van der Waals surface area contributed by atoms with E-state index >= 15 is 0 Å². The van der Waals surface area contributed by atoms with Crippen molar-refractivity contribution in [2.24, 2.45) is 0 Å². The Morgan fingerprint density at radius 1 is 1.20 bits per heavy atom. The fourth-order valence-electron chi connectivity index (χ4n) is 4.49. The maximum Gasteiger partial charge on any atom is 0.0531 e. The molecule has 3 nitrogen and oxygen atoms in total. The van der Waals surface area contributed by atoms with Crippen molar-refractivity contribution < 1.29 is 0 Å². The average molecular weight is 329 g/mol. The van der Waals surface area contributed by atoms with Crippen LogP contribution in [0.25, 0.3) is 22.2 Å². The second-order valence-corrected chi connectivity index (χ2v) is 7.54. The molecule has 0 amide bonds. The monoisotopic (exact) mass is 329 g/mol. The van der Waals surface area contributed by atoms with E-state index < -0.39 is 0 Å². The van der Waals surface area contributed by atoms with Gasteiger partial charge < -0.3 is 9.47 Å². The molecule has 3 aromatic rings. The van der Waals surface area contributed by atoms with Gasteiger partial charge in [-0.3, -0.25) is 4.98 Å². The molecule has 3 heterocycles. The summed E-state index contributed by atoms with van der Waals surface area (Å²) >= 11 is 0. The van der Waals surface area contributed by atoms with Crippen LogP contribution in [0.2, 0.25) is 0 Å². The number of aromatic nitrogens is 2. The van der Waals surface area contributed by atoms with E-state index in [1.807, 2.05) is 12.4 Å². The number of allylic oxidation sites excluding steroid dienone is 2. The number of aryl methyl sites for hydroxylation is 1. The number of benzene rings is 1. The maximum absolute atomic E-state index is 4.26. The zero-order valence-electron chi connectivity index (χ0n) is 15.1. The molecule has 0 fully saturated rings. The van der Waals surface area contributed by atoms with Gasteiger partial charge in [-0.05, 0) is 61.4 Å². The molecular formula is C22H23N3. The molecule has 126 valence electrons. The Hall–Kier alpha value is -2.39. The van der Waals surface area contributed by atoms with Gasteiger partial charge in [0, 0.05) is 55.1 Å². The first kappa shape index (κ1) is 14.9. The lowest BCUT2D eigenvalue weighted by molar-refractivity contribution is 0.311. The number of fused-ring (bicyclic) bond motifs is 4. The maximum atomic E-state index is 4.26. The molecule has 0 bridgehead atoms. The smallest absolute Gasteiger partial charge is 0.0531 e. The van der Waals surface area contributed by atoms with Crippen LogP contribution in [0.3, 0.4) is 0 Å². The lowest BCUT2D eigenvalue weighted by atomic mass is 9.83. The Morgan fingerprint density at radius 2 is 2.08 bits per heavy atom. The van der Waals surface area contributed by atoms with Crippen molar-refractivity contribution in [1.29, 1.82) is 0 Å². The quantitative estimate of drug-likeness (QED) is 0.664. The summed E-state index contributed by atoms with van der Waals surface area (Å²) in [5.74, 6) is 0. The summed E-state index contributed by atoms with van der Waals surface area (Å²) in [5, 5.41) is 1.43. The van der Waals surface area contributed by atoms with Crippen LogP contribution in [-0.4, -0.2) is 28.0 Å². The zero-order valence-corrected chi connectivity index (χ0v) is 15.1. The van der Waals surface area contributed by atoms with Crippen molar-refractivity contribution in [3.8, 4) is 0 Å². The van der Waals surface area contributed by atoms with Gasteiger partial charge in [-0.25, -0.2) is 0 Å². The van der Waals surface area contributed by atoms with Crippen LogP contribution < -0.4 is 0 Å². The van der Waals surface area contributed by atoms with E-state index in [9.17, 15) is 0 Å². The van der Waals surface area contributed by atoms with E-state index in [0.717, 1.165) is 25.9 Å². The first-order chi connectivity index (χ1) is 12.1. The number of hydrogen-bond donors (Lipinski definition) is 0. The summed E-state index contributed by atoms with van der Waals surface area (Å²) in [6.07, 6.45) is 6.07. The lowest BCUT2D eigenvalue weighted by Gasteiger charge is -2.28. The standard InChI is InChI=1S/C22H23N3/c1-14-4-5-21-19(10-14)20-13-24(3)9-7-22(20)25(21)15(2)18-11-16-12-23-8-6-17(16)18/h4-6,8,10,12H,7,9,11,13H2,1-3H3. The van der Waals surface area contributed by atoms with Gasteiger partial charge in [0.05, 0.1) is 5.52 Å². The second-order valence-electron chi connectivity index (χ2n) is 7.54. The summed E-state index contributed by atoms with van der Waals surface area (Å²) in [6, 6.07) is 9.07. The first-order valence-corrected chi connectivity index (χ1v) is 9.08. The number of nitrogens with zero attached hydrogens (tertiary/aromatic N) is 3. The molecule has 0 radical (unpaired) electrons. The average Bonchev–Trinajstić information content (AvgIpc) is 2.89. The molecule has 25 heavy (non-hydrogen) atoms. The molecule has 2 aromatic heterocycles. The molecule has 2 aliphatic rings. The Kier molecular flexibility index (Phi) is 3.16. The molecule has 0 atom stereocenters. The highest BCUT2D eigenvalue weighted by Gasteiger charge is 2.27. The van der Waals surface area contributed by atoms with Crippen LogP contribution in [0.15, 0.2) is 36.7 Å². The molecule has 1 aliphatic heterocycles. The van der Waals surface area contributed by atoms with Crippen molar-refractivity contribution in [3.63, 3.8) is 0 Å². The third-order valence-corrected chi connectivity index (χ3v) is 5.86. The number of hydrogen-bond acceptors (Lipinski definition) is 2. The van der Waals surface area contributed by atoms with Gasteiger partial charge in [0.15, 0.2) is 0 Å². The van der Waals surface area contributed by atoms with Gasteiger partial charge in [0.1, 0.15) is 0 Å². The van der Waals surface area contributed by atoms with Gasteiger partial charge in [-0.2, -0.15) is 0 Å². The molecular weight excluding hydrogens is 306 g/mol. The van der Waals surface area contributed by atoms with Crippen LogP contribution in [0.5, 0.6) is 0 Å². The van der Waals surface area contributed by atoms with Crippen molar-refractivity contribution >= 4 is 22.2 Å². The van der Waals surface area contributed by atoms with E-state index in [-0.39, 0.29) is 0 Å². The number of pyridine rings is 1. The summed E-state index contributed by atoms with van der Waals surface area (Å²) in [4.78, 5) is 6.69. The van der Waals surface area contributed by atoms with E-state index in [0.29, 0.717) is 0 Å². The largest absolute Gasteiger partial charge is 0.317 e. The Labute approximate surface area is 148 Å². The lowest BCUT2D eigenvalue weighted by Crippen LogP contribution is -2.27. The highest BCUT2D eigenvalue weighted by atomic mass is 15.1. The molecule has 0 saturated heterocycles. The summed E-state index contributed by atoms with van der Waals surface area (Å²) in [7, 11) is 2.22. The van der Waals surface area contributed by atoms with Crippen molar-refractivity contribution in [2.75, 3.05) is 13.6 Å². The van der Waals surface area contributed by atoms with Gasteiger partial charge in [-0.15, -0.1) is 0 Å². The minimum atomic E-state index is 1.04. The molecule has 0 saturated carbocycles. The Balaban J connectivity index is 1.78. The second kappa shape index (κ2) is 5.30. The molecule has 5 rings (SSSR count). The van der Waals surface area contributed by atoms with E-state index in [4.69, 9.17) is 0 Å². The van der Waals surface area contributed by atoms with Crippen LogP contribution in [-0.2, 0) is 19.4 Å². The van der Waals surface area contributed by atoms with Crippen molar-refractivity contribution in [3.05, 3.63) is 64.6 Å². The van der Waals surface area contributed by atoms with Crippen LogP contribution in [0.4, 0.5) is 0 Å². The third-order valence-electron chi connectivity index (χ3n) is 5.86. The molecule has 0 N–H and O–H groups in total. The predicted molar refractivity (Wildman–Crippen MR) is 103 cm³/mol. The minimum Gasteiger partial charge on any atom is -0.317 e. The first-order valence-electron chi connectivity index (χ1n) is 9.08. The van der Waals surface area contributed by atoms with Gasteiger partial charge in [-0.1, -0.05) is 11.6 Å². The fourth-order valence-corrected chi connectivity index (χ4v) is 4.49. The highest BCUT2D eigenvalue weighted by Crippen LogP contribution is 2.41. The third kappa shape index (κ3) is 2.12. The molecule has 3 heteroatoms. The predicted octanol–water partition coefficient (Wildman–Crippen LogP) is 4.28. The van der Waals surface area contributed by atoms with Gasteiger partial charge in [0.2, 0.25) is 0 Å². The highest BCUT2D eigenvalue weighted by molar-refractivity contribution is 5.97. The number of likely N-dealkylation sites (N-methyl/N-ethyl adjacent to an activating group) is 1. The van der Waals surface area contributed by atoms with Crippen LogP contribution >= 0.6 is 0 Å². The SMILES string of the molecule is CC(=C1Cc2cnccc21)n1c2c(c3cc(C)ccc31)CN(C)CC2. The minimum absolute atomic E-state index is 1.04. The Morgan fingerprint density at radius 3 is 2.92 bits per heavy atom. The van der Waals surface area contributed by atoms with Gasteiger partial charge in [0.25, 0.3) is 0 Å². The molecule has 0 unspecified atom stereocenters. The summed E-state index contributed by atoms with van der Waals surface area (Å²) in [6.45, 7) is 6.66. The number of rotatable bonds is 1. The van der Waals surface area contributed by atoms with E-state index in [1.165, 1.54) is 50.1 Å². The van der Waals surface area contributed by atoms with Crippen molar-refractivity contribution in [1.82, 2.24) is 14.5 Å². The Bertz CT molecular complexity index is 1040.